The van der Waals surface area contributed by atoms with Crippen molar-refractivity contribution in [1.82, 2.24) is 4.90 Å². The van der Waals surface area contributed by atoms with E-state index in [9.17, 15) is 0 Å². The van der Waals surface area contributed by atoms with Crippen molar-refractivity contribution >= 4 is 17.2 Å². The molecule has 1 heterocycles. The Hall–Kier alpha value is -0.930. The number of nitrogens with two attached hydrogens (primary N) is 1. The zero-order chi connectivity index (χ0) is 15.5. The van der Waals surface area contributed by atoms with Gasteiger partial charge >= 0.3 is 0 Å². The first-order valence-electron chi connectivity index (χ1n) is 7.97. The largest absolute Gasteiger partial charge is 0.389 e. The van der Waals surface area contributed by atoms with Crippen LogP contribution in [0, 0.1) is 11.3 Å². The maximum Gasteiger partial charge on any atom is 0.103 e. The smallest absolute Gasteiger partial charge is 0.103 e. The molecule has 1 fully saturated rings. The molecule has 2 nitrogen and oxygen atoms in total. The predicted octanol–water partition coefficient (Wildman–Crippen LogP) is 3.97. The molecule has 0 amide bonds. The lowest BCUT2D eigenvalue weighted by atomic mass is 9.77. The molecule has 0 aliphatic carbocycles. The van der Waals surface area contributed by atoms with Crippen LogP contribution in [0.5, 0.6) is 0 Å². The minimum Gasteiger partial charge on any atom is -0.389 e. The summed E-state index contributed by atoms with van der Waals surface area (Å²) in [4.78, 5) is 3.06. The van der Waals surface area contributed by atoms with E-state index in [1.807, 2.05) is 12.1 Å². The Balaban J connectivity index is 1.93. The van der Waals surface area contributed by atoms with Gasteiger partial charge in [0.15, 0.2) is 0 Å². The molecule has 1 aliphatic rings. The molecule has 0 bridgehead atoms. The van der Waals surface area contributed by atoms with Crippen molar-refractivity contribution in [3.8, 4) is 0 Å². The average Bonchev–Trinajstić information content (AvgIpc) is 2.64. The van der Waals surface area contributed by atoms with Crippen molar-refractivity contribution in [2.75, 3.05) is 13.1 Å². The van der Waals surface area contributed by atoms with E-state index in [0.717, 1.165) is 18.0 Å². The summed E-state index contributed by atoms with van der Waals surface area (Å²) in [5.41, 5.74) is 8.39. The highest BCUT2D eigenvalue weighted by atomic mass is 32.1. The van der Waals surface area contributed by atoms with Gasteiger partial charge in [0.1, 0.15) is 4.99 Å². The van der Waals surface area contributed by atoms with Gasteiger partial charge in [-0.2, -0.15) is 0 Å². The van der Waals surface area contributed by atoms with E-state index in [1.54, 1.807) is 0 Å². The molecule has 3 heteroatoms. The molecule has 0 saturated carbocycles. The molecular formula is C18H28N2S. The minimum absolute atomic E-state index is 0.439. The lowest BCUT2D eigenvalue weighted by molar-refractivity contribution is 0.206. The molecule has 116 valence electrons. The fourth-order valence-corrected chi connectivity index (χ4v) is 3.35. The van der Waals surface area contributed by atoms with E-state index in [1.165, 1.54) is 37.9 Å². The van der Waals surface area contributed by atoms with Gasteiger partial charge in [-0.3, -0.25) is 4.90 Å². The van der Waals surface area contributed by atoms with Crippen molar-refractivity contribution in [3.63, 3.8) is 0 Å². The Bertz CT molecular complexity index is 473. The summed E-state index contributed by atoms with van der Waals surface area (Å²) in [6.07, 6.45) is 3.99. The van der Waals surface area contributed by atoms with E-state index >= 15 is 0 Å². The SMILES string of the molecule is CC(C)(C)C1CCCN(Cc2ccc(C(N)=S)cc2)CC1. The van der Waals surface area contributed by atoms with Crippen LogP contribution in [-0.4, -0.2) is 23.0 Å². The van der Waals surface area contributed by atoms with Gasteiger partial charge in [-0.1, -0.05) is 57.3 Å². The van der Waals surface area contributed by atoms with Crippen LogP contribution in [0.2, 0.25) is 0 Å². The normalized spacial score (nSPS) is 21.0. The van der Waals surface area contributed by atoms with Crippen LogP contribution in [0.25, 0.3) is 0 Å². The molecule has 1 aromatic carbocycles. The first kappa shape index (κ1) is 16.4. The first-order valence-corrected chi connectivity index (χ1v) is 8.38. The molecule has 2 rings (SSSR count). The van der Waals surface area contributed by atoms with Crippen molar-refractivity contribution in [2.24, 2.45) is 17.1 Å². The molecule has 1 unspecified atom stereocenters. The summed E-state index contributed by atoms with van der Waals surface area (Å²) in [7, 11) is 0. The summed E-state index contributed by atoms with van der Waals surface area (Å²) in [6.45, 7) is 10.6. The van der Waals surface area contributed by atoms with Gasteiger partial charge in [-0.05, 0) is 49.2 Å². The highest BCUT2D eigenvalue weighted by molar-refractivity contribution is 7.80. The van der Waals surface area contributed by atoms with Crippen molar-refractivity contribution in [2.45, 2.75) is 46.6 Å². The third-order valence-electron chi connectivity index (χ3n) is 4.69. The molecule has 0 radical (unpaired) electrons. The zero-order valence-corrected chi connectivity index (χ0v) is 14.4. The lowest BCUT2D eigenvalue weighted by Gasteiger charge is -2.29. The quantitative estimate of drug-likeness (QED) is 0.857. The van der Waals surface area contributed by atoms with E-state index < -0.39 is 0 Å². The standard InChI is InChI=1S/C18H28N2S/c1-18(2,3)16-5-4-11-20(12-10-16)13-14-6-8-15(9-7-14)17(19)21/h6-9,16H,4-5,10-13H2,1-3H3,(H2,19,21). The Morgan fingerprint density at radius 2 is 1.86 bits per heavy atom. The minimum atomic E-state index is 0.439. The molecule has 0 spiro atoms. The van der Waals surface area contributed by atoms with Crippen LogP contribution < -0.4 is 5.73 Å². The summed E-state index contributed by atoms with van der Waals surface area (Å²) in [5, 5.41) is 0. The topological polar surface area (TPSA) is 29.3 Å². The molecule has 1 aromatic rings. The van der Waals surface area contributed by atoms with Gasteiger partial charge < -0.3 is 5.73 Å². The Kier molecular flexibility index (Phi) is 5.39. The number of hydrogen-bond acceptors (Lipinski definition) is 2. The average molecular weight is 305 g/mol. The first-order chi connectivity index (χ1) is 9.86. The van der Waals surface area contributed by atoms with E-state index in [-0.39, 0.29) is 0 Å². The van der Waals surface area contributed by atoms with Gasteiger partial charge in [0.25, 0.3) is 0 Å². The van der Waals surface area contributed by atoms with Crippen LogP contribution in [0.15, 0.2) is 24.3 Å². The fraction of sp³-hybridized carbons (Fsp3) is 0.611. The molecular weight excluding hydrogens is 276 g/mol. The number of benzene rings is 1. The van der Waals surface area contributed by atoms with Gasteiger partial charge in [-0.25, -0.2) is 0 Å². The van der Waals surface area contributed by atoms with E-state index in [2.05, 4.69) is 37.8 Å². The van der Waals surface area contributed by atoms with Crippen LogP contribution in [0.4, 0.5) is 0 Å². The highest BCUT2D eigenvalue weighted by Gasteiger charge is 2.26. The Morgan fingerprint density at radius 1 is 1.19 bits per heavy atom. The molecule has 2 N–H and O–H groups in total. The van der Waals surface area contributed by atoms with Crippen molar-refractivity contribution in [3.05, 3.63) is 35.4 Å². The maximum absolute atomic E-state index is 5.65. The van der Waals surface area contributed by atoms with Crippen LogP contribution in [0.1, 0.15) is 51.2 Å². The van der Waals surface area contributed by atoms with Crippen LogP contribution in [-0.2, 0) is 6.54 Å². The number of likely N-dealkylation sites (tertiary alicyclic amines) is 1. The molecule has 1 aliphatic heterocycles. The Morgan fingerprint density at radius 3 is 2.43 bits per heavy atom. The third kappa shape index (κ3) is 4.79. The number of nitrogens with zero attached hydrogens (tertiary/aromatic N) is 1. The zero-order valence-electron chi connectivity index (χ0n) is 13.6. The fourth-order valence-electron chi connectivity index (χ4n) is 3.21. The summed E-state index contributed by atoms with van der Waals surface area (Å²) in [6, 6.07) is 8.38. The third-order valence-corrected chi connectivity index (χ3v) is 4.93. The van der Waals surface area contributed by atoms with Crippen LogP contribution >= 0.6 is 12.2 Å². The highest BCUT2D eigenvalue weighted by Crippen LogP contribution is 2.34. The summed E-state index contributed by atoms with van der Waals surface area (Å²) in [5.74, 6) is 0.847. The van der Waals surface area contributed by atoms with Gasteiger partial charge in [-0.15, -0.1) is 0 Å². The number of hydrogen-bond donors (Lipinski definition) is 1. The molecule has 1 saturated heterocycles. The predicted molar refractivity (Wildman–Crippen MR) is 94.4 cm³/mol. The molecule has 1 atom stereocenters. The van der Waals surface area contributed by atoms with Gasteiger partial charge in [0, 0.05) is 12.1 Å². The van der Waals surface area contributed by atoms with Gasteiger partial charge in [0.05, 0.1) is 0 Å². The second-order valence-electron chi connectivity index (χ2n) is 7.33. The van der Waals surface area contributed by atoms with Crippen molar-refractivity contribution < 1.29 is 0 Å². The Labute approximate surface area is 134 Å². The van der Waals surface area contributed by atoms with E-state index in [4.69, 9.17) is 18.0 Å². The second kappa shape index (κ2) is 6.89. The lowest BCUT2D eigenvalue weighted by Crippen LogP contribution is -2.26. The van der Waals surface area contributed by atoms with Crippen LogP contribution in [0.3, 0.4) is 0 Å². The molecule has 21 heavy (non-hydrogen) atoms. The van der Waals surface area contributed by atoms with Gasteiger partial charge in [0.2, 0.25) is 0 Å². The summed E-state index contributed by atoms with van der Waals surface area (Å²) < 4.78 is 0. The van der Waals surface area contributed by atoms with Crippen molar-refractivity contribution in [1.29, 1.82) is 0 Å². The van der Waals surface area contributed by atoms with E-state index in [0.29, 0.717) is 10.4 Å². The summed E-state index contributed by atoms with van der Waals surface area (Å²) >= 11 is 5.00. The number of rotatable bonds is 3. The maximum atomic E-state index is 5.65. The monoisotopic (exact) mass is 304 g/mol. The second-order valence-corrected chi connectivity index (χ2v) is 7.77. The number of thiocarbonyl (C=S) groups is 1. The molecule has 0 aromatic heterocycles.